The molecule has 2 aliphatic heterocycles. The van der Waals surface area contributed by atoms with Crippen molar-refractivity contribution in [1.82, 2.24) is 10.2 Å². The fraction of sp³-hybridized carbons (Fsp3) is 0.562. The van der Waals surface area contributed by atoms with Crippen molar-refractivity contribution in [2.75, 3.05) is 40.4 Å². The monoisotopic (exact) mass is 326 g/mol. The molecule has 0 radical (unpaired) electrons. The maximum Gasteiger partial charge on any atom is 0.254 e. The second-order valence-corrected chi connectivity index (χ2v) is 5.82. The second kappa shape index (κ2) is 7.20. The van der Waals surface area contributed by atoms with Crippen LogP contribution in [0.15, 0.2) is 18.2 Å². The van der Waals surface area contributed by atoms with Crippen LogP contribution in [0.2, 0.25) is 0 Å². The van der Waals surface area contributed by atoms with Crippen molar-refractivity contribution in [2.24, 2.45) is 11.8 Å². The van der Waals surface area contributed by atoms with E-state index in [-0.39, 0.29) is 18.3 Å². The normalized spacial score (nSPS) is 23.5. The summed E-state index contributed by atoms with van der Waals surface area (Å²) >= 11 is 0. The van der Waals surface area contributed by atoms with Crippen LogP contribution >= 0.6 is 12.4 Å². The van der Waals surface area contributed by atoms with Crippen LogP contribution in [0.25, 0.3) is 0 Å². The van der Waals surface area contributed by atoms with Gasteiger partial charge in [0, 0.05) is 24.7 Å². The highest BCUT2D eigenvalue weighted by Crippen LogP contribution is 2.29. The van der Waals surface area contributed by atoms with E-state index in [2.05, 4.69) is 5.32 Å². The number of methoxy groups -OCH3 is 2. The lowest BCUT2D eigenvalue weighted by Gasteiger charge is -2.34. The summed E-state index contributed by atoms with van der Waals surface area (Å²) in [6, 6.07) is 5.34. The van der Waals surface area contributed by atoms with Gasteiger partial charge in [0.05, 0.1) is 14.2 Å². The van der Waals surface area contributed by atoms with Gasteiger partial charge < -0.3 is 19.7 Å². The van der Waals surface area contributed by atoms with Gasteiger partial charge in [0.25, 0.3) is 5.91 Å². The van der Waals surface area contributed by atoms with E-state index in [0.717, 1.165) is 38.5 Å². The fourth-order valence-corrected chi connectivity index (χ4v) is 3.33. The number of halogens is 1. The molecule has 0 bridgehead atoms. The number of ether oxygens (including phenoxy) is 2. The molecule has 5 nitrogen and oxygen atoms in total. The van der Waals surface area contributed by atoms with E-state index in [1.165, 1.54) is 0 Å². The highest BCUT2D eigenvalue weighted by molar-refractivity contribution is 5.95. The number of piperidine rings is 1. The van der Waals surface area contributed by atoms with Gasteiger partial charge in [-0.25, -0.2) is 0 Å². The van der Waals surface area contributed by atoms with E-state index >= 15 is 0 Å². The molecule has 3 rings (SSSR count). The molecule has 2 heterocycles. The molecule has 2 fully saturated rings. The van der Waals surface area contributed by atoms with Crippen molar-refractivity contribution in [2.45, 2.75) is 6.42 Å². The molecule has 22 heavy (non-hydrogen) atoms. The molecule has 1 amide bonds. The minimum absolute atomic E-state index is 0. The average molecular weight is 327 g/mol. The van der Waals surface area contributed by atoms with E-state index in [9.17, 15) is 4.79 Å². The van der Waals surface area contributed by atoms with Crippen LogP contribution in [-0.2, 0) is 0 Å². The van der Waals surface area contributed by atoms with E-state index in [4.69, 9.17) is 9.47 Å². The lowest BCUT2D eigenvalue weighted by molar-refractivity contribution is 0.0642. The molecule has 2 aliphatic rings. The lowest BCUT2D eigenvalue weighted by Crippen LogP contribution is -2.43. The molecule has 1 aromatic carbocycles. The quantitative estimate of drug-likeness (QED) is 0.920. The average Bonchev–Trinajstić information content (AvgIpc) is 3.01. The van der Waals surface area contributed by atoms with Crippen molar-refractivity contribution in [1.29, 1.82) is 0 Å². The summed E-state index contributed by atoms with van der Waals surface area (Å²) in [6.07, 6.45) is 1.09. The summed E-state index contributed by atoms with van der Waals surface area (Å²) in [4.78, 5) is 14.7. The molecule has 2 saturated heterocycles. The van der Waals surface area contributed by atoms with Gasteiger partial charge in [-0.1, -0.05) is 0 Å². The van der Waals surface area contributed by atoms with Gasteiger partial charge in [-0.15, -0.1) is 12.4 Å². The number of hydrogen-bond donors (Lipinski definition) is 1. The van der Waals surface area contributed by atoms with E-state index in [0.29, 0.717) is 23.0 Å². The molecule has 0 spiro atoms. The Morgan fingerprint density at radius 3 is 2.41 bits per heavy atom. The number of nitrogens with zero attached hydrogens (tertiary/aromatic N) is 1. The molecule has 2 unspecified atom stereocenters. The Balaban J connectivity index is 0.00000176. The topological polar surface area (TPSA) is 50.8 Å². The molecule has 0 saturated carbocycles. The molecule has 2 atom stereocenters. The molecule has 0 aliphatic carbocycles. The molecule has 0 aromatic heterocycles. The Kier molecular flexibility index (Phi) is 5.53. The highest BCUT2D eigenvalue weighted by Gasteiger charge is 2.34. The van der Waals surface area contributed by atoms with Crippen molar-refractivity contribution >= 4 is 18.3 Å². The third-order valence-electron chi connectivity index (χ3n) is 4.59. The summed E-state index contributed by atoms with van der Waals surface area (Å²) in [5.41, 5.74) is 0.635. The third kappa shape index (κ3) is 3.31. The highest BCUT2D eigenvalue weighted by atomic mass is 35.5. The maximum atomic E-state index is 12.7. The van der Waals surface area contributed by atoms with Crippen molar-refractivity contribution < 1.29 is 14.3 Å². The summed E-state index contributed by atoms with van der Waals surface area (Å²) in [7, 11) is 3.19. The number of carbonyl (C=O) groups is 1. The molecular weight excluding hydrogens is 304 g/mol. The lowest BCUT2D eigenvalue weighted by atomic mass is 9.88. The SMILES string of the molecule is COc1cc(OC)cc(C(=O)N2CCC3CNCC3C2)c1.Cl. The molecular formula is C16H23ClN2O3. The number of hydrogen-bond acceptors (Lipinski definition) is 4. The molecule has 122 valence electrons. The number of likely N-dealkylation sites (tertiary alicyclic amines) is 1. The third-order valence-corrected chi connectivity index (χ3v) is 4.59. The Morgan fingerprint density at radius 2 is 1.77 bits per heavy atom. The zero-order chi connectivity index (χ0) is 14.8. The minimum Gasteiger partial charge on any atom is -0.497 e. The number of amides is 1. The first-order valence-electron chi connectivity index (χ1n) is 7.44. The Morgan fingerprint density at radius 1 is 1.14 bits per heavy atom. The second-order valence-electron chi connectivity index (χ2n) is 5.82. The maximum absolute atomic E-state index is 12.7. The summed E-state index contributed by atoms with van der Waals surface area (Å²) in [5.74, 6) is 2.69. The van der Waals surface area contributed by atoms with Crippen molar-refractivity contribution in [3.05, 3.63) is 23.8 Å². The van der Waals surface area contributed by atoms with Gasteiger partial charge in [0.2, 0.25) is 0 Å². The Hall–Kier alpha value is -1.46. The fourth-order valence-electron chi connectivity index (χ4n) is 3.33. The van der Waals surface area contributed by atoms with Crippen LogP contribution in [0, 0.1) is 11.8 Å². The van der Waals surface area contributed by atoms with Crippen LogP contribution < -0.4 is 14.8 Å². The van der Waals surface area contributed by atoms with E-state index < -0.39 is 0 Å². The zero-order valence-electron chi connectivity index (χ0n) is 13.0. The van der Waals surface area contributed by atoms with Crippen LogP contribution in [0.1, 0.15) is 16.8 Å². The molecule has 1 aromatic rings. The standard InChI is InChI=1S/C16H22N2O3.ClH/c1-20-14-5-12(6-15(7-14)21-2)16(19)18-4-3-11-8-17-9-13(11)10-18;/h5-7,11,13,17H,3-4,8-10H2,1-2H3;1H. The summed E-state index contributed by atoms with van der Waals surface area (Å²) < 4.78 is 10.5. The Labute approximate surface area is 137 Å². The van der Waals surface area contributed by atoms with Crippen molar-refractivity contribution in [3.8, 4) is 11.5 Å². The Bertz CT molecular complexity index is 516. The van der Waals surface area contributed by atoms with Gasteiger partial charge in [-0.2, -0.15) is 0 Å². The first-order valence-corrected chi connectivity index (χ1v) is 7.44. The van der Waals surface area contributed by atoms with Gasteiger partial charge in [-0.05, 0) is 43.5 Å². The number of benzene rings is 1. The first kappa shape index (κ1) is 16.9. The number of rotatable bonds is 3. The van der Waals surface area contributed by atoms with E-state index in [1.807, 2.05) is 4.90 Å². The molecule has 1 N–H and O–H groups in total. The molecule has 6 heteroatoms. The van der Waals surface area contributed by atoms with Crippen LogP contribution in [-0.4, -0.2) is 51.2 Å². The predicted molar refractivity (Wildman–Crippen MR) is 87.2 cm³/mol. The van der Waals surface area contributed by atoms with Gasteiger partial charge in [0.15, 0.2) is 0 Å². The largest absolute Gasteiger partial charge is 0.497 e. The van der Waals surface area contributed by atoms with Gasteiger partial charge >= 0.3 is 0 Å². The van der Waals surface area contributed by atoms with Gasteiger partial charge in [-0.3, -0.25) is 4.79 Å². The van der Waals surface area contributed by atoms with Crippen LogP contribution in [0.3, 0.4) is 0 Å². The number of fused-ring (bicyclic) bond motifs is 1. The van der Waals surface area contributed by atoms with Crippen LogP contribution in [0.4, 0.5) is 0 Å². The number of nitrogens with one attached hydrogen (secondary N) is 1. The smallest absolute Gasteiger partial charge is 0.254 e. The zero-order valence-corrected chi connectivity index (χ0v) is 13.8. The first-order chi connectivity index (χ1) is 10.2. The predicted octanol–water partition coefficient (Wildman–Crippen LogP) is 1.81. The summed E-state index contributed by atoms with van der Waals surface area (Å²) in [5, 5.41) is 3.42. The minimum atomic E-state index is 0. The summed E-state index contributed by atoms with van der Waals surface area (Å²) in [6.45, 7) is 3.80. The van der Waals surface area contributed by atoms with Crippen LogP contribution in [0.5, 0.6) is 11.5 Å². The van der Waals surface area contributed by atoms with Crippen molar-refractivity contribution in [3.63, 3.8) is 0 Å². The number of carbonyl (C=O) groups excluding carboxylic acids is 1. The van der Waals surface area contributed by atoms with E-state index in [1.54, 1.807) is 32.4 Å². The van der Waals surface area contributed by atoms with Gasteiger partial charge in [0.1, 0.15) is 11.5 Å².